The Kier molecular flexibility index (Phi) is 13.0. The summed E-state index contributed by atoms with van der Waals surface area (Å²) in [6.07, 6.45) is 23.5. The molecule has 0 spiro atoms. The van der Waals surface area contributed by atoms with Crippen molar-refractivity contribution in [1.82, 2.24) is 0 Å². The van der Waals surface area contributed by atoms with Gasteiger partial charge in [-0.15, -0.1) is 0 Å². The van der Waals surface area contributed by atoms with Crippen molar-refractivity contribution in [2.75, 3.05) is 0 Å². The van der Waals surface area contributed by atoms with Gasteiger partial charge in [0, 0.05) is 0 Å². The average Bonchev–Trinajstić information content (AvgIpc) is 3.39. The first-order chi connectivity index (χ1) is 12.9. The lowest BCUT2D eigenvalue weighted by molar-refractivity contribution is 0.254. The molecule has 0 aromatic rings. The Morgan fingerprint density at radius 1 is 0.704 bits per heavy atom. The molecule has 1 aliphatic rings. The molecule has 4 atom stereocenters. The lowest BCUT2D eigenvalue weighted by atomic mass is 9.79. The van der Waals surface area contributed by atoms with Gasteiger partial charge in [0.05, 0.1) is 0 Å². The molecule has 0 saturated heterocycles. The first kappa shape index (κ1) is 25.0. The van der Waals surface area contributed by atoms with Crippen LogP contribution in [0.5, 0.6) is 0 Å². The lowest BCUT2D eigenvalue weighted by Gasteiger charge is -2.26. The van der Waals surface area contributed by atoms with Crippen LogP contribution in [0, 0.1) is 29.1 Å². The van der Waals surface area contributed by atoms with Gasteiger partial charge in [0.2, 0.25) is 0 Å². The smallest absolute Gasteiger partial charge is 0.0354 e. The van der Waals surface area contributed by atoms with Crippen molar-refractivity contribution in [2.45, 2.75) is 144 Å². The molecule has 0 amide bonds. The molecular weight excluding hydrogens is 324 g/mol. The summed E-state index contributed by atoms with van der Waals surface area (Å²) in [4.78, 5) is 0. The molecule has 0 N–H and O–H groups in total. The summed E-state index contributed by atoms with van der Waals surface area (Å²) in [6, 6.07) is 0. The maximum atomic E-state index is 2.49. The van der Waals surface area contributed by atoms with Gasteiger partial charge in [0.15, 0.2) is 0 Å². The maximum Gasteiger partial charge on any atom is -0.0354 e. The summed E-state index contributed by atoms with van der Waals surface area (Å²) in [6.45, 7) is 14.4. The van der Waals surface area contributed by atoms with Crippen molar-refractivity contribution >= 4 is 0 Å². The topological polar surface area (TPSA) is 0 Å². The molecule has 0 radical (unpaired) electrons. The Labute approximate surface area is 173 Å². The first-order valence-electron chi connectivity index (χ1n) is 12.9. The van der Waals surface area contributed by atoms with Crippen LogP contribution in [0.25, 0.3) is 0 Å². The minimum absolute atomic E-state index is 0.552. The lowest BCUT2D eigenvalue weighted by Crippen LogP contribution is -2.14. The van der Waals surface area contributed by atoms with Crippen molar-refractivity contribution in [3.8, 4) is 0 Å². The van der Waals surface area contributed by atoms with E-state index in [1.54, 1.807) is 6.42 Å². The van der Waals surface area contributed by atoms with E-state index in [0.29, 0.717) is 5.41 Å². The Morgan fingerprint density at radius 2 is 1.26 bits per heavy atom. The van der Waals surface area contributed by atoms with Crippen molar-refractivity contribution < 1.29 is 0 Å². The summed E-state index contributed by atoms with van der Waals surface area (Å²) < 4.78 is 0. The highest BCUT2D eigenvalue weighted by molar-refractivity contribution is 4.86. The van der Waals surface area contributed by atoms with Crippen LogP contribution in [-0.2, 0) is 0 Å². The highest BCUT2D eigenvalue weighted by Crippen LogP contribution is 2.46. The SMILES string of the molecule is CCC(C)CCCCCCCCCCC1CC1CCC(C)CC(C)(C)CC. The molecule has 1 aliphatic carbocycles. The van der Waals surface area contributed by atoms with Crippen LogP contribution in [0.15, 0.2) is 0 Å². The van der Waals surface area contributed by atoms with Gasteiger partial charge < -0.3 is 0 Å². The second-order valence-electron chi connectivity index (χ2n) is 11.1. The highest BCUT2D eigenvalue weighted by Gasteiger charge is 2.35. The second-order valence-corrected chi connectivity index (χ2v) is 11.1. The minimum atomic E-state index is 0.552. The summed E-state index contributed by atoms with van der Waals surface area (Å²) in [7, 11) is 0. The van der Waals surface area contributed by atoms with Gasteiger partial charge in [0.25, 0.3) is 0 Å². The third-order valence-corrected chi connectivity index (χ3v) is 7.68. The molecule has 4 unspecified atom stereocenters. The van der Waals surface area contributed by atoms with E-state index in [1.165, 1.54) is 96.3 Å². The van der Waals surface area contributed by atoms with E-state index in [1.807, 2.05) is 0 Å². The Balaban J connectivity index is 1.85. The monoisotopic (exact) mass is 378 g/mol. The van der Waals surface area contributed by atoms with Gasteiger partial charge in [-0.05, 0) is 48.3 Å². The Bertz CT molecular complexity index is 342. The van der Waals surface area contributed by atoms with Crippen LogP contribution in [0.4, 0.5) is 0 Å². The first-order valence-corrected chi connectivity index (χ1v) is 12.9. The number of unbranched alkanes of at least 4 members (excludes halogenated alkanes) is 7. The van der Waals surface area contributed by atoms with Gasteiger partial charge in [-0.3, -0.25) is 0 Å². The molecule has 0 aliphatic heterocycles. The molecule has 1 saturated carbocycles. The van der Waals surface area contributed by atoms with Crippen LogP contribution >= 0.6 is 0 Å². The maximum absolute atomic E-state index is 2.49. The normalized spacial score (nSPS) is 22.0. The summed E-state index contributed by atoms with van der Waals surface area (Å²) in [5, 5.41) is 0. The van der Waals surface area contributed by atoms with E-state index >= 15 is 0 Å². The van der Waals surface area contributed by atoms with E-state index in [4.69, 9.17) is 0 Å². The van der Waals surface area contributed by atoms with Crippen molar-refractivity contribution in [1.29, 1.82) is 0 Å². The number of hydrogen-bond donors (Lipinski definition) is 0. The third-order valence-electron chi connectivity index (χ3n) is 7.68. The van der Waals surface area contributed by atoms with Crippen LogP contribution in [-0.4, -0.2) is 0 Å². The van der Waals surface area contributed by atoms with Gasteiger partial charge >= 0.3 is 0 Å². The van der Waals surface area contributed by atoms with E-state index < -0.39 is 0 Å². The molecule has 1 fully saturated rings. The van der Waals surface area contributed by atoms with Crippen LogP contribution in [0.2, 0.25) is 0 Å². The fraction of sp³-hybridized carbons (Fsp3) is 1.00. The summed E-state index contributed by atoms with van der Waals surface area (Å²) in [5.74, 6) is 4.08. The van der Waals surface area contributed by atoms with Crippen molar-refractivity contribution in [2.24, 2.45) is 29.1 Å². The zero-order valence-electron chi connectivity index (χ0n) is 20.1. The predicted molar refractivity (Wildman–Crippen MR) is 124 cm³/mol. The molecule has 0 heteroatoms. The summed E-state index contributed by atoms with van der Waals surface area (Å²) >= 11 is 0. The fourth-order valence-electron chi connectivity index (χ4n) is 4.87. The quantitative estimate of drug-likeness (QED) is 0.208. The zero-order valence-corrected chi connectivity index (χ0v) is 20.1. The van der Waals surface area contributed by atoms with Crippen molar-refractivity contribution in [3.05, 3.63) is 0 Å². The van der Waals surface area contributed by atoms with Gasteiger partial charge in [0.1, 0.15) is 0 Å². The molecule has 27 heavy (non-hydrogen) atoms. The van der Waals surface area contributed by atoms with E-state index in [0.717, 1.165) is 23.7 Å². The summed E-state index contributed by atoms with van der Waals surface area (Å²) in [5.41, 5.74) is 0.552. The van der Waals surface area contributed by atoms with Crippen LogP contribution < -0.4 is 0 Å². The van der Waals surface area contributed by atoms with Crippen molar-refractivity contribution in [3.63, 3.8) is 0 Å². The molecule has 0 heterocycles. The molecule has 1 rings (SSSR count). The van der Waals surface area contributed by atoms with E-state index in [-0.39, 0.29) is 0 Å². The third kappa shape index (κ3) is 13.0. The van der Waals surface area contributed by atoms with Crippen LogP contribution in [0.3, 0.4) is 0 Å². The van der Waals surface area contributed by atoms with E-state index in [2.05, 4.69) is 41.5 Å². The highest BCUT2D eigenvalue weighted by atomic mass is 14.4. The number of hydrogen-bond acceptors (Lipinski definition) is 0. The largest absolute Gasteiger partial charge is 0.0651 e. The number of rotatable bonds is 18. The minimum Gasteiger partial charge on any atom is -0.0651 e. The predicted octanol–water partition coefficient (Wildman–Crippen LogP) is 9.81. The van der Waals surface area contributed by atoms with Gasteiger partial charge in [-0.25, -0.2) is 0 Å². The zero-order chi connectivity index (χ0) is 20.1. The molecule has 0 nitrogen and oxygen atoms in total. The Hall–Kier alpha value is 0. The van der Waals surface area contributed by atoms with Gasteiger partial charge in [-0.2, -0.15) is 0 Å². The standard InChI is InChI=1S/C27H54/c1-7-23(3)17-15-13-11-9-10-12-14-16-18-25-21-26(25)20-19-24(4)22-27(5,6)8-2/h23-26H,7-22H2,1-6H3. The molecule has 0 bridgehead atoms. The molecule has 162 valence electrons. The fourth-order valence-corrected chi connectivity index (χ4v) is 4.87. The molecule has 0 aromatic heterocycles. The van der Waals surface area contributed by atoms with Gasteiger partial charge in [-0.1, -0.05) is 125 Å². The molecular formula is C27H54. The van der Waals surface area contributed by atoms with E-state index in [9.17, 15) is 0 Å². The van der Waals surface area contributed by atoms with Crippen LogP contribution in [0.1, 0.15) is 144 Å². The Morgan fingerprint density at radius 3 is 1.85 bits per heavy atom. The molecule has 0 aromatic carbocycles. The second kappa shape index (κ2) is 14.1. The average molecular weight is 379 g/mol.